The first-order valence-electron chi connectivity index (χ1n) is 5.99. The molecule has 100 valence electrons. The Bertz CT molecular complexity index is 261. The molecule has 1 aliphatic rings. The van der Waals surface area contributed by atoms with Gasteiger partial charge in [-0.05, 0) is 12.1 Å². The van der Waals surface area contributed by atoms with Gasteiger partial charge in [-0.3, -0.25) is 0 Å². The normalized spacial score (nSPS) is 12.9. The van der Waals surface area contributed by atoms with Gasteiger partial charge in [0.2, 0.25) is 0 Å². The SMILES string of the molecule is C1CNCCN1.N.c1cc[nH]c1.c1ccccc1. The molecule has 1 aromatic heterocycles. The molecule has 0 aliphatic carbocycles. The monoisotopic (exact) mass is 248 g/mol. The standard InChI is InChI=1S/C6H6.C4H10N2.C4H5N.H3N/c1-2-4-6-5-3-1;1-2-6-4-3-5-1;1-2-4-5-3-1;/h1-6H;5-6H,1-4H2;1-5H;1H3. The molecule has 18 heavy (non-hydrogen) atoms. The zero-order chi connectivity index (χ0) is 12.0. The number of nitrogens with one attached hydrogen (secondary N) is 3. The van der Waals surface area contributed by atoms with Crippen LogP contribution in [0.1, 0.15) is 0 Å². The molecule has 0 unspecified atom stereocenters. The van der Waals surface area contributed by atoms with E-state index in [2.05, 4.69) is 15.6 Å². The molecule has 1 fully saturated rings. The van der Waals surface area contributed by atoms with Crippen molar-refractivity contribution in [1.82, 2.24) is 21.8 Å². The highest BCUT2D eigenvalue weighted by atomic mass is 15.0. The fourth-order valence-corrected chi connectivity index (χ4v) is 1.27. The number of benzene rings is 1. The summed E-state index contributed by atoms with van der Waals surface area (Å²) in [6, 6.07) is 15.9. The van der Waals surface area contributed by atoms with Gasteiger partial charge in [0.1, 0.15) is 0 Å². The number of hydrogen-bond donors (Lipinski definition) is 4. The average molecular weight is 248 g/mol. The summed E-state index contributed by atoms with van der Waals surface area (Å²) < 4.78 is 0. The Morgan fingerprint density at radius 2 is 0.833 bits per heavy atom. The van der Waals surface area contributed by atoms with Crippen LogP contribution in [0.2, 0.25) is 0 Å². The van der Waals surface area contributed by atoms with Crippen LogP contribution in [0, 0.1) is 0 Å². The molecule has 2 aromatic rings. The summed E-state index contributed by atoms with van der Waals surface area (Å²) in [7, 11) is 0. The number of aromatic amines is 1. The van der Waals surface area contributed by atoms with Gasteiger partial charge in [0.05, 0.1) is 0 Å². The Kier molecular flexibility index (Phi) is 12.2. The van der Waals surface area contributed by atoms with Gasteiger partial charge in [0.15, 0.2) is 0 Å². The maximum atomic E-state index is 3.22. The summed E-state index contributed by atoms with van der Waals surface area (Å²) in [4.78, 5) is 2.86. The quantitative estimate of drug-likeness (QED) is 0.576. The lowest BCUT2D eigenvalue weighted by atomic mass is 10.4. The highest BCUT2D eigenvalue weighted by Crippen LogP contribution is 1.79. The molecule has 1 aromatic carbocycles. The van der Waals surface area contributed by atoms with E-state index in [9.17, 15) is 0 Å². The third-order valence-corrected chi connectivity index (χ3v) is 2.12. The molecule has 0 atom stereocenters. The molecule has 4 nitrogen and oxygen atoms in total. The van der Waals surface area contributed by atoms with Gasteiger partial charge in [-0.1, -0.05) is 36.4 Å². The molecule has 0 radical (unpaired) electrons. The second kappa shape index (κ2) is 13.4. The van der Waals surface area contributed by atoms with Crippen LogP contribution in [0.25, 0.3) is 0 Å². The number of hydrogen-bond acceptors (Lipinski definition) is 3. The lowest BCUT2D eigenvalue weighted by Gasteiger charge is -2.11. The lowest BCUT2D eigenvalue weighted by molar-refractivity contribution is 0.534. The molecule has 0 spiro atoms. The predicted octanol–water partition coefficient (Wildman–Crippen LogP) is 2.04. The van der Waals surface area contributed by atoms with E-state index in [-0.39, 0.29) is 6.15 Å². The summed E-state index contributed by atoms with van der Waals surface area (Å²) in [5.74, 6) is 0. The maximum absolute atomic E-state index is 3.22. The third-order valence-electron chi connectivity index (χ3n) is 2.12. The van der Waals surface area contributed by atoms with E-state index in [4.69, 9.17) is 0 Å². The van der Waals surface area contributed by atoms with Crippen molar-refractivity contribution in [3.63, 3.8) is 0 Å². The van der Waals surface area contributed by atoms with Gasteiger partial charge < -0.3 is 21.8 Å². The van der Waals surface area contributed by atoms with E-state index >= 15 is 0 Å². The fourth-order valence-electron chi connectivity index (χ4n) is 1.27. The smallest absolute Gasteiger partial charge is 0.00772 e. The predicted molar refractivity (Wildman–Crippen MR) is 78.0 cm³/mol. The number of piperazine rings is 1. The van der Waals surface area contributed by atoms with Crippen molar-refractivity contribution in [3.8, 4) is 0 Å². The van der Waals surface area contributed by atoms with E-state index in [1.807, 2.05) is 60.9 Å². The van der Waals surface area contributed by atoms with Crippen molar-refractivity contribution >= 4 is 0 Å². The molecular formula is C14H24N4. The zero-order valence-electron chi connectivity index (χ0n) is 10.8. The minimum Gasteiger partial charge on any atom is -0.368 e. The molecule has 2 heterocycles. The molecule has 3 rings (SSSR count). The Morgan fingerprint density at radius 1 is 0.500 bits per heavy atom. The van der Waals surface area contributed by atoms with E-state index < -0.39 is 0 Å². The van der Waals surface area contributed by atoms with Crippen LogP contribution >= 0.6 is 0 Å². The van der Waals surface area contributed by atoms with Gasteiger partial charge in [-0.25, -0.2) is 0 Å². The van der Waals surface area contributed by atoms with Crippen molar-refractivity contribution < 1.29 is 0 Å². The van der Waals surface area contributed by atoms with Crippen molar-refractivity contribution in [2.75, 3.05) is 26.2 Å². The number of aromatic nitrogens is 1. The van der Waals surface area contributed by atoms with Crippen LogP contribution in [0.3, 0.4) is 0 Å². The fraction of sp³-hybridized carbons (Fsp3) is 0.286. The molecule has 6 N–H and O–H groups in total. The first kappa shape index (κ1) is 16.4. The van der Waals surface area contributed by atoms with Crippen molar-refractivity contribution in [3.05, 3.63) is 60.9 Å². The van der Waals surface area contributed by atoms with Crippen molar-refractivity contribution in [1.29, 1.82) is 0 Å². The highest BCUT2D eigenvalue weighted by molar-refractivity contribution is 4.99. The number of rotatable bonds is 0. The second-order valence-electron chi connectivity index (χ2n) is 3.54. The summed E-state index contributed by atoms with van der Waals surface area (Å²) >= 11 is 0. The zero-order valence-corrected chi connectivity index (χ0v) is 10.8. The number of H-pyrrole nitrogens is 1. The summed E-state index contributed by atoms with van der Waals surface area (Å²) in [5.41, 5.74) is 0. The Balaban J connectivity index is 0.000000235. The van der Waals surface area contributed by atoms with Crippen molar-refractivity contribution in [2.45, 2.75) is 0 Å². The van der Waals surface area contributed by atoms with Crippen LogP contribution in [-0.4, -0.2) is 31.2 Å². The summed E-state index contributed by atoms with van der Waals surface area (Å²) in [5, 5.41) is 6.44. The van der Waals surface area contributed by atoms with Crippen LogP contribution in [0.4, 0.5) is 0 Å². The minimum atomic E-state index is 0. The third kappa shape index (κ3) is 10.9. The largest absolute Gasteiger partial charge is 0.368 e. The van der Waals surface area contributed by atoms with Crippen LogP contribution in [-0.2, 0) is 0 Å². The van der Waals surface area contributed by atoms with E-state index in [0.717, 1.165) is 26.2 Å². The molecule has 0 bridgehead atoms. The van der Waals surface area contributed by atoms with E-state index in [1.165, 1.54) is 0 Å². The second-order valence-corrected chi connectivity index (χ2v) is 3.54. The topological polar surface area (TPSA) is 74.8 Å². The molecule has 4 heteroatoms. The van der Waals surface area contributed by atoms with Gasteiger partial charge in [0, 0.05) is 38.6 Å². The van der Waals surface area contributed by atoms with Gasteiger partial charge >= 0.3 is 0 Å². The minimum absolute atomic E-state index is 0. The summed E-state index contributed by atoms with van der Waals surface area (Å²) in [6.07, 6.45) is 3.75. The molecule has 1 saturated heterocycles. The Hall–Kier alpha value is -1.62. The first-order chi connectivity index (χ1) is 8.50. The Morgan fingerprint density at radius 3 is 1.00 bits per heavy atom. The van der Waals surface area contributed by atoms with E-state index in [0.29, 0.717) is 0 Å². The van der Waals surface area contributed by atoms with Crippen LogP contribution < -0.4 is 16.8 Å². The van der Waals surface area contributed by atoms with Crippen LogP contribution in [0.15, 0.2) is 60.9 Å². The Labute approximate surface area is 109 Å². The average Bonchev–Trinajstić information content (AvgIpc) is 3.03. The van der Waals surface area contributed by atoms with E-state index in [1.54, 1.807) is 0 Å². The van der Waals surface area contributed by atoms with Crippen molar-refractivity contribution in [2.24, 2.45) is 0 Å². The lowest BCUT2D eigenvalue weighted by Crippen LogP contribution is -2.39. The molecule has 0 amide bonds. The van der Waals surface area contributed by atoms with Gasteiger partial charge in [-0.15, -0.1) is 0 Å². The van der Waals surface area contributed by atoms with Gasteiger partial charge in [-0.2, -0.15) is 0 Å². The van der Waals surface area contributed by atoms with Crippen LogP contribution in [0.5, 0.6) is 0 Å². The highest BCUT2D eigenvalue weighted by Gasteiger charge is 1.91. The summed E-state index contributed by atoms with van der Waals surface area (Å²) in [6.45, 7) is 4.56. The maximum Gasteiger partial charge on any atom is 0.00772 e. The first-order valence-corrected chi connectivity index (χ1v) is 5.99. The molecule has 0 saturated carbocycles. The van der Waals surface area contributed by atoms with Gasteiger partial charge in [0.25, 0.3) is 0 Å². The molecular weight excluding hydrogens is 224 g/mol. The molecule has 1 aliphatic heterocycles.